The quantitative estimate of drug-likeness (QED) is 0.785. The minimum Gasteiger partial charge on any atom is -0.497 e. The van der Waals surface area contributed by atoms with Gasteiger partial charge in [0.25, 0.3) is 0 Å². The fourth-order valence-corrected chi connectivity index (χ4v) is 1.94. The van der Waals surface area contributed by atoms with E-state index in [0.29, 0.717) is 11.3 Å². The molecule has 0 fully saturated rings. The van der Waals surface area contributed by atoms with Crippen LogP contribution in [-0.2, 0) is 14.3 Å². The van der Waals surface area contributed by atoms with Crippen LogP contribution in [0, 0.1) is 5.82 Å². The number of carbonyl (C=O) groups excluding carboxylic acids is 1. The first-order chi connectivity index (χ1) is 9.17. The number of esters is 1. The van der Waals surface area contributed by atoms with Crippen LogP contribution in [0.15, 0.2) is 29.8 Å². The third-order valence-corrected chi connectivity index (χ3v) is 2.85. The summed E-state index contributed by atoms with van der Waals surface area (Å²) in [6.07, 6.45) is 0.871. The molecule has 1 aliphatic heterocycles. The summed E-state index contributed by atoms with van der Waals surface area (Å²) < 4.78 is 29.3. The van der Waals surface area contributed by atoms with Gasteiger partial charge in [0.05, 0.1) is 25.9 Å². The second-order valence-electron chi connectivity index (χ2n) is 3.98. The number of halogens is 1. The van der Waals surface area contributed by atoms with Gasteiger partial charge in [-0.2, -0.15) is 0 Å². The van der Waals surface area contributed by atoms with Crippen molar-refractivity contribution in [2.45, 2.75) is 13.0 Å². The highest BCUT2D eigenvalue weighted by atomic mass is 19.1. The highest BCUT2D eigenvalue weighted by Gasteiger charge is 2.30. The molecule has 0 amide bonds. The molecule has 1 aromatic carbocycles. The smallest absolute Gasteiger partial charge is 0.336 e. The fourth-order valence-electron chi connectivity index (χ4n) is 1.94. The van der Waals surface area contributed by atoms with E-state index in [2.05, 4.69) is 0 Å². The van der Waals surface area contributed by atoms with Crippen molar-refractivity contribution in [1.29, 1.82) is 0 Å². The van der Waals surface area contributed by atoms with Crippen LogP contribution < -0.4 is 4.74 Å². The van der Waals surface area contributed by atoms with Gasteiger partial charge in [-0.15, -0.1) is 0 Å². The lowest BCUT2D eigenvalue weighted by Crippen LogP contribution is -2.14. The van der Waals surface area contributed by atoms with E-state index in [0.717, 1.165) is 0 Å². The normalized spacial score (nSPS) is 18.1. The lowest BCUT2D eigenvalue weighted by Gasteiger charge is -2.15. The first kappa shape index (κ1) is 13.5. The number of rotatable bonds is 4. The van der Waals surface area contributed by atoms with E-state index in [4.69, 9.17) is 14.2 Å². The Morgan fingerprint density at radius 2 is 2.32 bits per heavy atom. The molecule has 1 heterocycles. The summed E-state index contributed by atoms with van der Waals surface area (Å²) in [5.41, 5.74) is 0.602. The Morgan fingerprint density at radius 3 is 3.00 bits per heavy atom. The van der Waals surface area contributed by atoms with E-state index < -0.39 is 17.9 Å². The summed E-state index contributed by atoms with van der Waals surface area (Å²) in [6, 6.07) is 4.33. The van der Waals surface area contributed by atoms with Crippen molar-refractivity contribution in [2.24, 2.45) is 0 Å². The van der Waals surface area contributed by atoms with Crippen molar-refractivity contribution in [2.75, 3.05) is 20.3 Å². The van der Waals surface area contributed by atoms with E-state index in [9.17, 15) is 9.18 Å². The summed E-state index contributed by atoms with van der Waals surface area (Å²) in [5.74, 6) is -0.412. The average Bonchev–Trinajstić information content (AvgIpc) is 2.89. The first-order valence-electron chi connectivity index (χ1n) is 5.99. The summed E-state index contributed by atoms with van der Waals surface area (Å²) in [6.45, 7) is 2.24. The van der Waals surface area contributed by atoms with Gasteiger partial charge in [0, 0.05) is 5.56 Å². The monoisotopic (exact) mass is 266 g/mol. The molecule has 4 nitrogen and oxygen atoms in total. The second kappa shape index (κ2) is 5.84. The Morgan fingerprint density at radius 1 is 1.53 bits per heavy atom. The molecule has 0 N–H and O–H groups in total. The standard InChI is InChI=1S/C14H15FO4/c1-3-18-14(16)10-6-7-19-13(10)11-8-9(17-2)4-5-12(11)15/h4-6,8,13H,3,7H2,1-2H3. The molecule has 0 spiro atoms. The third kappa shape index (κ3) is 2.76. The summed E-state index contributed by atoms with van der Waals surface area (Å²) in [5, 5.41) is 0. The minimum atomic E-state index is -0.742. The van der Waals surface area contributed by atoms with Crippen molar-refractivity contribution in [3.8, 4) is 5.75 Å². The van der Waals surface area contributed by atoms with Crippen molar-refractivity contribution in [3.05, 3.63) is 41.2 Å². The van der Waals surface area contributed by atoms with E-state index in [1.54, 1.807) is 13.0 Å². The predicted molar refractivity (Wildman–Crippen MR) is 66.4 cm³/mol. The van der Waals surface area contributed by atoms with Crippen molar-refractivity contribution in [3.63, 3.8) is 0 Å². The van der Waals surface area contributed by atoms with Gasteiger partial charge in [0.15, 0.2) is 0 Å². The average molecular weight is 266 g/mol. The number of ether oxygens (including phenoxy) is 3. The van der Waals surface area contributed by atoms with Crippen molar-refractivity contribution in [1.82, 2.24) is 0 Å². The van der Waals surface area contributed by atoms with Crippen LogP contribution in [0.4, 0.5) is 4.39 Å². The molecule has 1 aromatic rings. The maximum absolute atomic E-state index is 13.9. The highest BCUT2D eigenvalue weighted by molar-refractivity contribution is 5.90. The van der Waals surface area contributed by atoms with Gasteiger partial charge in [-0.3, -0.25) is 0 Å². The number of carbonyl (C=O) groups is 1. The molecule has 0 radical (unpaired) electrons. The minimum absolute atomic E-state index is 0.259. The van der Waals surface area contributed by atoms with Crippen LogP contribution in [0.3, 0.4) is 0 Å². The van der Waals surface area contributed by atoms with Crippen molar-refractivity contribution < 1.29 is 23.4 Å². The zero-order valence-electron chi connectivity index (χ0n) is 10.8. The Labute approximate surface area is 110 Å². The molecule has 2 rings (SSSR count). The Kier molecular flexibility index (Phi) is 4.16. The van der Waals surface area contributed by atoms with Crippen molar-refractivity contribution >= 4 is 5.97 Å². The van der Waals surface area contributed by atoms with Gasteiger partial charge in [0.1, 0.15) is 17.7 Å². The van der Waals surface area contributed by atoms with E-state index in [-0.39, 0.29) is 18.8 Å². The molecular formula is C14H15FO4. The van der Waals surface area contributed by atoms with E-state index in [1.807, 2.05) is 0 Å². The van der Waals surface area contributed by atoms with Gasteiger partial charge in [-0.1, -0.05) is 0 Å². The van der Waals surface area contributed by atoms with Gasteiger partial charge >= 0.3 is 5.97 Å². The van der Waals surface area contributed by atoms with E-state index in [1.165, 1.54) is 25.3 Å². The molecule has 5 heteroatoms. The van der Waals surface area contributed by atoms with Crippen LogP contribution >= 0.6 is 0 Å². The number of methoxy groups -OCH3 is 1. The molecule has 0 saturated heterocycles. The SMILES string of the molecule is CCOC(=O)C1=CCOC1c1cc(OC)ccc1F. The highest BCUT2D eigenvalue weighted by Crippen LogP contribution is 2.34. The Bertz CT molecular complexity index is 510. The Hall–Kier alpha value is -1.88. The van der Waals surface area contributed by atoms with Crippen LogP contribution in [-0.4, -0.2) is 26.3 Å². The predicted octanol–water partition coefficient (Wildman–Crippen LogP) is 2.40. The lowest BCUT2D eigenvalue weighted by molar-refractivity contribution is -0.139. The number of benzene rings is 1. The molecular weight excluding hydrogens is 251 g/mol. The molecule has 0 aromatic heterocycles. The first-order valence-corrected chi connectivity index (χ1v) is 5.99. The zero-order valence-corrected chi connectivity index (χ0v) is 10.8. The molecule has 102 valence electrons. The molecule has 1 aliphatic rings. The molecule has 0 bridgehead atoms. The summed E-state index contributed by atoms with van der Waals surface area (Å²) in [7, 11) is 1.49. The lowest BCUT2D eigenvalue weighted by atomic mass is 10.0. The van der Waals surface area contributed by atoms with Crippen LogP contribution in [0.2, 0.25) is 0 Å². The van der Waals surface area contributed by atoms with Crippen LogP contribution in [0.25, 0.3) is 0 Å². The second-order valence-corrected chi connectivity index (χ2v) is 3.98. The maximum atomic E-state index is 13.9. The summed E-state index contributed by atoms with van der Waals surface area (Å²) >= 11 is 0. The van der Waals surface area contributed by atoms with Gasteiger partial charge in [-0.25, -0.2) is 9.18 Å². The molecule has 19 heavy (non-hydrogen) atoms. The Balaban J connectivity index is 2.31. The molecule has 1 unspecified atom stereocenters. The van der Waals surface area contributed by atoms with Gasteiger partial charge < -0.3 is 14.2 Å². The maximum Gasteiger partial charge on any atom is 0.336 e. The van der Waals surface area contributed by atoms with Gasteiger partial charge in [0.2, 0.25) is 0 Å². The largest absolute Gasteiger partial charge is 0.497 e. The molecule has 0 saturated carbocycles. The zero-order chi connectivity index (χ0) is 13.8. The summed E-state index contributed by atoms with van der Waals surface area (Å²) in [4.78, 5) is 11.8. The van der Waals surface area contributed by atoms with E-state index >= 15 is 0 Å². The topological polar surface area (TPSA) is 44.8 Å². The van der Waals surface area contributed by atoms with Crippen LogP contribution in [0.5, 0.6) is 5.75 Å². The van der Waals surface area contributed by atoms with Crippen LogP contribution in [0.1, 0.15) is 18.6 Å². The third-order valence-electron chi connectivity index (χ3n) is 2.85. The fraction of sp³-hybridized carbons (Fsp3) is 0.357. The number of hydrogen-bond donors (Lipinski definition) is 0. The molecule has 1 atom stereocenters. The molecule has 0 aliphatic carbocycles. The number of hydrogen-bond acceptors (Lipinski definition) is 4. The van der Waals surface area contributed by atoms with Gasteiger partial charge in [-0.05, 0) is 31.2 Å².